The van der Waals surface area contributed by atoms with Crippen LogP contribution < -0.4 is 16.6 Å². The van der Waals surface area contributed by atoms with Gasteiger partial charge in [-0.25, -0.2) is 4.98 Å². The maximum absolute atomic E-state index is 13.3. The number of imidazole rings is 1. The summed E-state index contributed by atoms with van der Waals surface area (Å²) in [7, 11) is 0. The highest BCUT2D eigenvalue weighted by Gasteiger charge is 2.24. The SMILES string of the molecule is [N-]=[N+]=NCN=Cc1cc(NC(=O)C(CCO)n2cc(O)c(-c3cc(Cl)ccc3-n3ccnc3)cc2=O)ccc1N. The normalized spacial score (nSPS) is 11.8. The van der Waals surface area contributed by atoms with Crippen molar-refractivity contribution < 1.29 is 15.0 Å². The van der Waals surface area contributed by atoms with Crippen LogP contribution >= 0.6 is 11.6 Å². The van der Waals surface area contributed by atoms with E-state index < -0.39 is 24.1 Å². The van der Waals surface area contributed by atoms with Crippen molar-refractivity contribution >= 4 is 35.1 Å². The van der Waals surface area contributed by atoms with Gasteiger partial charge in [0.05, 0.1) is 18.2 Å². The van der Waals surface area contributed by atoms with Crippen LogP contribution in [0.3, 0.4) is 0 Å². The molecule has 5 N–H and O–H groups in total. The summed E-state index contributed by atoms with van der Waals surface area (Å²) < 4.78 is 2.77. The number of nitrogens with two attached hydrogens (primary N) is 1. The number of benzene rings is 2. The van der Waals surface area contributed by atoms with Gasteiger partial charge in [0.2, 0.25) is 5.91 Å². The molecule has 4 aromatic rings. The molecule has 14 heteroatoms. The first kappa shape index (κ1) is 27.9. The zero-order valence-electron chi connectivity index (χ0n) is 20.9. The lowest BCUT2D eigenvalue weighted by molar-refractivity contribution is -0.119. The van der Waals surface area contributed by atoms with Crippen molar-refractivity contribution in [2.45, 2.75) is 12.5 Å². The summed E-state index contributed by atoms with van der Waals surface area (Å²) >= 11 is 6.22. The zero-order valence-corrected chi connectivity index (χ0v) is 21.7. The van der Waals surface area contributed by atoms with Crippen LogP contribution in [0, 0.1) is 0 Å². The Bertz CT molecular complexity index is 1660. The van der Waals surface area contributed by atoms with Crippen molar-refractivity contribution in [1.29, 1.82) is 0 Å². The maximum Gasteiger partial charge on any atom is 0.252 e. The van der Waals surface area contributed by atoms with Gasteiger partial charge in [0.15, 0.2) is 0 Å². The second-order valence-electron chi connectivity index (χ2n) is 8.49. The molecule has 0 aliphatic carbocycles. The van der Waals surface area contributed by atoms with Crippen LogP contribution in [0.25, 0.3) is 27.3 Å². The molecule has 1 unspecified atom stereocenters. The number of rotatable bonds is 10. The number of aliphatic hydroxyl groups is 1. The number of pyridine rings is 1. The van der Waals surface area contributed by atoms with Gasteiger partial charge in [-0.1, -0.05) is 16.7 Å². The molecular weight excluding hydrogens is 538 g/mol. The van der Waals surface area contributed by atoms with E-state index >= 15 is 0 Å². The van der Waals surface area contributed by atoms with Gasteiger partial charge < -0.3 is 25.8 Å². The number of carbonyl (C=O) groups is 1. The summed E-state index contributed by atoms with van der Waals surface area (Å²) in [5.41, 5.74) is 16.3. The van der Waals surface area contributed by atoms with Gasteiger partial charge >= 0.3 is 0 Å². The fourth-order valence-electron chi connectivity index (χ4n) is 4.06. The van der Waals surface area contributed by atoms with Gasteiger partial charge in [-0.15, -0.1) is 0 Å². The van der Waals surface area contributed by atoms with E-state index in [1.165, 1.54) is 12.3 Å². The van der Waals surface area contributed by atoms with E-state index in [4.69, 9.17) is 22.9 Å². The quantitative estimate of drug-likeness (QED) is 0.0744. The number of azide groups is 1. The van der Waals surface area contributed by atoms with E-state index in [1.807, 2.05) is 0 Å². The number of amides is 1. The Morgan fingerprint density at radius 3 is 2.80 bits per heavy atom. The molecule has 0 spiro atoms. The zero-order chi connectivity index (χ0) is 28.6. The molecule has 4 rings (SSSR count). The minimum Gasteiger partial charge on any atom is -0.506 e. The minimum atomic E-state index is -1.15. The van der Waals surface area contributed by atoms with Gasteiger partial charge in [-0.05, 0) is 41.9 Å². The van der Waals surface area contributed by atoms with Crippen LogP contribution in [0.5, 0.6) is 5.75 Å². The number of hydrogen-bond donors (Lipinski definition) is 4. The highest BCUT2D eigenvalue weighted by Crippen LogP contribution is 2.35. The van der Waals surface area contributed by atoms with Gasteiger partial charge in [-0.3, -0.25) is 19.1 Å². The third kappa shape index (κ3) is 6.30. The number of halogens is 1. The van der Waals surface area contributed by atoms with Gasteiger partial charge in [0, 0.05) is 75.7 Å². The first-order valence-electron chi connectivity index (χ1n) is 11.9. The molecule has 0 aliphatic heterocycles. The number of aromatic hydroxyl groups is 1. The molecule has 0 radical (unpaired) electrons. The van der Waals surface area contributed by atoms with E-state index in [1.54, 1.807) is 59.7 Å². The Labute approximate surface area is 232 Å². The second kappa shape index (κ2) is 12.6. The lowest BCUT2D eigenvalue weighted by Gasteiger charge is -2.20. The number of nitrogen functional groups attached to an aromatic ring is 1. The van der Waals surface area contributed by atoms with E-state index in [-0.39, 0.29) is 24.4 Å². The van der Waals surface area contributed by atoms with Crippen molar-refractivity contribution in [3.63, 3.8) is 0 Å². The maximum atomic E-state index is 13.3. The Balaban J connectivity index is 1.66. The molecule has 204 valence electrons. The Morgan fingerprint density at radius 1 is 1.25 bits per heavy atom. The number of aliphatic hydroxyl groups excluding tert-OH is 1. The molecule has 0 saturated heterocycles. The molecule has 40 heavy (non-hydrogen) atoms. The fraction of sp³-hybridized carbons (Fsp3) is 0.154. The average molecular weight is 562 g/mol. The highest BCUT2D eigenvalue weighted by atomic mass is 35.5. The van der Waals surface area contributed by atoms with Gasteiger partial charge in [0.25, 0.3) is 5.56 Å². The van der Waals surface area contributed by atoms with Gasteiger partial charge in [-0.2, -0.15) is 0 Å². The van der Waals surface area contributed by atoms with Gasteiger partial charge in [0.1, 0.15) is 18.5 Å². The van der Waals surface area contributed by atoms with Crippen LogP contribution in [-0.2, 0) is 4.79 Å². The fourth-order valence-corrected chi connectivity index (χ4v) is 4.23. The average Bonchev–Trinajstić information content (AvgIpc) is 3.47. The van der Waals surface area contributed by atoms with Crippen LogP contribution in [0.15, 0.2) is 82.3 Å². The summed E-state index contributed by atoms with van der Waals surface area (Å²) in [5.74, 6) is -0.878. The smallest absolute Gasteiger partial charge is 0.252 e. The molecular formula is C26H24ClN9O4. The number of carbonyl (C=O) groups excluding carboxylic acids is 1. The number of nitrogens with one attached hydrogen (secondary N) is 1. The Hall–Kier alpha value is -5.10. The Morgan fingerprint density at radius 2 is 2.08 bits per heavy atom. The molecule has 1 atom stereocenters. The monoisotopic (exact) mass is 561 g/mol. The topological polar surface area (TPSA) is 197 Å². The summed E-state index contributed by atoms with van der Waals surface area (Å²) in [6.07, 6.45) is 7.33. The largest absolute Gasteiger partial charge is 0.506 e. The predicted molar refractivity (Wildman–Crippen MR) is 152 cm³/mol. The summed E-state index contributed by atoms with van der Waals surface area (Å²) in [4.78, 5) is 37.1. The molecule has 0 bridgehead atoms. The molecule has 13 nitrogen and oxygen atoms in total. The Kier molecular flexibility index (Phi) is 8.82. The van der Waals surface area contributed by atoms with Crippen molar-refractivity contribution in [3.8, 4) is 22.6 Å². The summed E-state index contributed by atoms with van der Waals surface area (Å²) in [6.45, 7) is -0.516. The number of aromatic nitrogens is 3. The third-order valence-electron chi connectivity index (χ3n) is 5.92. The lowest BCUT2D eigenvalue weighted by Crippen LogP contribution is -2.33. The predicted octanol–water partition coefficient (Wildman–Crippen LogP) is 3.89. The number of nitrogens with zero attached hydrogens (tertiary/aromatic N) is 7. The third-order valence-corrected chi connectivity index (χ3v) is 6.16. The summed E-state index contributed by atoms with van der Waals surface area (Å²) in [6, 6.07) is 9.76. The van der Waals surface area contributed by atoms with Crippen LogP contribution in [0.4, 0.5) is 11.4 Å². The number of anilines is 2. The van der Waals surface area contributed by atoms with Crippen LogP contribution in [0.2, 0.25) is 5.02 Å². The number of aliphatic imine (C=N–C) groups is 1. The molecule has 2 heterocycles. The molecule has 0 saturated carbocycles. The van der Waals surface area contributed by atoms with E-state index in [0.29, 0.717) is 33.2 Å². The summed E-state index contributed by atoms with van der Waals surface area (Å²) in [5, 5.41) is 27.0. The second-order valence-corrected chi connectivity index (χ2v) is 8.93. The standard InChI is InChI=1S/C26H24ClN9O4/c27-17-1-4-22(35-7-6-30-15-35)19(10-17)20-11-25(39)36(13-24(20)38)23(5-8-37)26(40)33-18-2-3-21(28)16(9-18)12-31-14-32-34-29/h1-4,6-7,9-13,15,23,37-38H,5,8,14,28H2,(H,33,40). The lowest BCUT2D eigenvalue weighted by atomic mass is 10.0. The van der Waals surface area contributed by atoms with E-state index in [2.05, 4.69) is 25.3 Å². The first-order valence-corrected chi connectivity index (χ1v) is 12.3. The molecule has 1 amide bonds. The molecule has 2 aromatic carbocycles. The molecule has 0 fully saturated rings. The molecule has 2 aromatic heterocycles. The molecule has 0 aliphatic rings. The minimum absolute atomic E-state index is 0.0998. The number of hydrogen-bond acceptors (Lipinski definition) is 8. The van der Waals surface area contributed by atoms with E-state index in [0.717, 1.165) is 10.8 Å². The van der Waals surface area contributed by atoms with E-state index in [9.17, 15) is 19.8 Å². The van der Waals surface area contributed by atoms with Crippen molar-refractivity contribution in [2.24, 2.45) is 10.1 Å². The van der Waals surface area contributed by atoms with Crippen LogP contribution in [-0.4, -0.2) is 49.7 Å². The highest BCUT2D eigenvalue weighted by molar-refractivity contribution is 6.31. The first-order chi connectivity index (χ1) is 19.3. The van der Waals surface area contributed by atoms with Crippen molar-refractivity contribution in [2.75, 3.05) is 24.3 Å². The van der Waals surface area contributed by atoms with Crippen molar-refractivity contribution in [3.05, 3.63) is 98.8 Å². The van der Waals surface area contributed by atoms with Crippen LogP contribution in [0.1, 0.15) is 18.0 Å². The van der Waals surface area contributed by atoms with Crippen molar-refractivity contribution in [1.82, 2.24) is 14.1 Å².